The van der Waals surface area contributed by atoms with Gasteiger partial charge in [0.2, 0.25) is 5.82 Å². The van der Waals surface area contributed by atoms with Crippen molar-refractivity contribution in [3.05, 3.63) is 63.2 Å². The van der Waals surface area contributed by atoms with E-state index in [4.69, 9.17) is 0 Å². The van der Waals surface area contributed by atoms with E-state index in [0.29, 0.717) is 11.3 Å². The fourth-order valence-corrected chi connectivity index (χ4v) is 2.16. The number of nitrogens with one attached hydrogen (secondary N) is 1. The monoisotopic (exact) mass is 339 g/mol. The van der Waals surface area contributed by atoms with E-state index in [-0.39, 0.29) is 11.5 Å². The summed E-state index contributed by atoms with van der Waals surface area (Å²) in [5.41, 5.74) is 4.48. The molecule has 3 rings (SSSR count). The number of fused-ring (bicyclic) bond motifs is 1. The van der Waals surface area contributed by atoms with Gasteiger partial charge in [0.15, 0.2) is 0 Å². The number of nitro benzene ring substituents is 1. The van der Waals surface area contributed by atoms with Crippen molar-refractivity contribution in [1.29, 1.82) is 0 Å². The molecule has 2 aromatic heterocycles. The Hall–Kier alpha value is -3.69. The summed E-state index contributed by atoms with van der Waals surface area (Å²) >= 11 is 0. The molecule has 25 heavy (non-hydrogen) atoms. The van der Waals surface area contributed by atoms with Crippen LogP contribution in [0, 0.1) is 24.0 Å². The lowest BCUT2D eigenvalue weighted by molar-refractivity contribution is -0.384. The van der Waals surface area contributed by atoms with Gasteiger partial charge in [-0.05, 0) is 37.6 Å². The van der Waals surface area contributed by atoms with E-state index in [1.54, 1.807) is 0 Å². The first-order valence-electron chi connectivity index (χ1n) is 7.23. The van der Waals surface area contributed by atoms with Crippen molar-refractivity contribution < 1.29 is 9.72 Å². The first kappa shape index (κ1) is 16.2. The fraction of sp³-hybridized carbons (Fsp3) is 0.133. The first-order chi connectivity index (χ1) is 11.9. The zero-order valence-corrected chi connectivity index (χ0v) is 13.4. The third-order valence-electron chi connectivity index (χ3n) is 3.30. The fourth-order valence-electron chi connectivity index (χ4n) is 2.16. The van der Waals surface area contributed by atoms with Crippen LogP contribution in [0.25, 0.3) is 5.78 Å². The second kappa shape index (κ2) is 6.43. The molecule has 1 amide bonds. The zero-order chi connectivity index (χ0) is 18.0. The molecule has 0 fully saturated rings. The maximum atomic E-state index is 12.1. The van der Waals surface area contributed by atoms with Gasteiger partial charge in [-0.1, -0.05) is 0 Å². The highest BCUT2D eigenvalue weighted by Gasteiger charge is 2.14. The minimum atomic E-state index is -0.583. The van der Waals surface area contributed by atoms with Crippen molar-refractivity contribution in [3.8, 4) is 0 Å². The van der Waals surface area contributed by atoms with Gasteiger partial charge in [-0.15, -0.1) is 5.10 Å². The largest absolute Gasteiger partial charge is 0.311 e. The van der Waals surface area contributed by atoms with Crippen LogP contribution in [0.2, 0.25) is 0 Å². The molecule has 10 heteroatoms. The Balaban J connectivity index is 1.72. The molecule has 0 aliphatic carbocycles. The molecule has 0 bridgehead atoms. The van der Waals surface area contributed by atoms with Gasteiger partial charge in [-0.2, -0.15) is 10.1 Å². The molecule has 0 saturated carbocycles. The standard InChI is InChI=1S/C15H13N7O3/c1-9-7-10(2)21-15(17-9)18-13(20-21)14(23)19-16-8-11-3-5-12(6-4-11)22(24)25/h3-8H,1-2H3,(H,19,23)/b16-8-. The number of carbonyl (C=O) groups is 1. The third kappa shape index (κ3) is 3.47. The number of non-ortho nitro benzene ring substituents is 1. The average Bonchev–Trinajstić information content (AvgIpc) is 2.99. The summed E-state index contributed by atoms with van der Waals surface area (Å²) in [6, 6.07) is 7.57. The van der Waals surface area contributed by atoms with Crippen molar-refractivity contribution in [2.24, 2.45) is 5.10 Å². The molecule has 0 radical (unpaired) electrons. The molecule has 0 unspecified atom stereocenters. The molecular formula is C15H13N7O3. The molecule has 1 N–H and O–H groups in total. The lowest BCUT2D eigenvalue weighted by Gasteiger charge is -1.97. The van der Waals surface area contributed by atoms with Gasteiger partial charge in [0.25, 0.3) is 11.5 Å². The predicted molar refractivity (Wildman–Crippen MR) is 88.4 cm³/mol. The number of hydrogen-bond donors (Lipinski definition) is 1. The van der Waals surface area contributed by atoms with Crippen LogP contribution in [-0.4, -0.2) is 36.6 Å². The van der Waals surface area contributed by atoms with Crippen molar-refractivity contribution in [1.82, 2.24) is 25.0 Å². The van der Waals surface area contributed by atoms with Crippen LogP contribution in [0.4, 0.5) is 5.69 Å². The summed E-state index contributed by atoms with van der Waals surface area (Å²) in [7, 11) is 0. The summed E-state index contributed by atoms with van der Waals surface area (Å²) in [5.74, 6) is -0.301. The van der Waals surface area contributed by atoms with E-state index >= 15 is 0 Å². The van der Waals surface area contributed by atoms with Crippen LogP contribution in [0.1, 0.15) is 27.6 Å². The highest BCUT2D eigenvalue weighted by Crippen LogP contribution is 2.10. The Morgan fingerprint density at radius 1 is 1.28 bits per heavy atom. The number of nitrogens with zero attached hydrogens (tertiary/aromatic N) is 6. The second-order valence-electron chi connectivity index (χ2n) is 5.23. The number of hydrazone groups is 1. The Labute approximate surface area is 141 Å². The number of amides is 1. The Kier molecular flexibility index (Phi) is 4.16. The number of aromatic nitrogens is 4. The maximum Gasteiger partial charge on any atom is 0.311 e. The number of rotatable bonds is 4. The SMILES string of the molecule is Cc1cc(C)n2nc(C(=O)N/N=C\c3ccc([N+](=O)[O-])cc3)nc2n1. The number of carbonyl (C=O) groups excluding carboxylic acids is 1. The molecule has 3 aromatic rings. The highest BCUT2D eigenvalue weighted by atomic mass is 16.6. The van der Waals surface area contributed by atoms with Gasteiger partial charge in [-0.3, -0.25) is 14.9 Å². The van der Waals surface area contributed by atoms with Crippen LogP contribution in [-0.2, 0) is 0 Å². The van der Waals surface area contributed by atoms with Crippen molar-refractivity contribution in [2.45, 2.75) is 13.8 Å². The van der Waals surface area contributed by atoms with E-state index in [1.807, 2.05) is 19.9 Å². The molecule has 0 aliphatic rings. The molecule has 0 spiro atoms. The topological polar surface area (TPSA) is 128 Å². The van der Waals surface area contributed by atoms with E-state index in [0.717, 1.165) is 11.4 Å². The molecule has 1 aromatic carbocycles. The highest BCUT2D eigenvalue weighted by molar-refractivity contribution is 5.91. The Morgan fingerprint density at radius 3 is 2.68 bits per heavy atom. The summed E-state index contributed by atoms with van der Waals surface area (Å²) in [4.78, 5) is 30.4. The van der Waals surface area contributed by atoms with E-state index < -0.39 is 10.8 Å². The van der Waals surface area contributed by atoms with Gasteiger partial charge in [0.05, 0.1) is 11.1 Å². The van der Waals surface area contributed by atoms with Gasteiger partial charge >= 0.3 is 5.91 Å². The third-order valence-corrected chi connectivity index (χ3v) is 3.30. The lowest BCUT2D eigenvalue weighted by Crippen LogP contribution is -2.19. The minimum absolute atomic E-state index is 0.0201. The Bertz CT molecular complexity index is 992. The van der Waals surface area contributed by atoms with Crippen molar-refractivity contribution in [3.63, 3.8) is 0 Å². The number of hydrogen-bond acceptors (Lipinski definition) is 7. The molecule has 0 atom stereocenters. The molecule has 0 saturated heterocycles. The van der Waals surface area contributed by atoms with E-state index in [2.05, 4.69) is 25.6 Å². The van der Waals surface area contributed by atoms with Crippen LogP contribution in [0.3, 0.4) is 0 Å². The molecule has 0 aliphatic heterocycles. The number of benzene rings is 1. The van der Waals surface area contributed by atoms with Gasteiger partial charge in [-0.25, -0.2) is 14.9 Å². The van der Waals surface area contributed by atoms with Crippen molar-refractivity contribution >= 4 is 23.6 Å². The molecule has 10 nitrogen and oxygen atoms in total. The molecule has 2 heterocycles. The van der Waals surface area contributed by atoms with Crippen LogP contribution < -0.4 is 5.43 Å². The van der Waals surface area contributed by atoms with Gasteiger partial charge < -0.3 is 0 Å². The maximum absolute atomic E-state index is 12.1. The molecule has 126 valence electrons. The summed E-state index contributed by atoms with van der Waals surface area (Å²) < 4.78 is 1.47. The summed E-state index contributed by atoms with van der Waals surface area (Å²) in [6.07, 6.45) is 1.37. The second-order valence-corrected chi connectivity index (χ2v) is 5.23. The average molecular weight is 339 g/mol. The lowest BCUT2D eigenvalue weighted by atomic mass is 10.2. The van der Waals surface area contributed by atoms with E-state index in [9.17, 15) is 14.9 Å². The smallest absolute Gasteiger partial charge is 0.264 e. The van der Waals surface area contributed by atoms with E-state index in [1.165, 1.54) is 35.0 Å². The van der Waals surface area contributed by atoms with Crippen LogP contribution in [0.5, 0.6) is 0 Å². The minimum Gasteiger partial charge on any atom is -0.264 e. The summed E-state index contributed by atoms with van der Waals surface area (Å²) in [6.45, 7) is 3.67. The first-order valence-corrected chi connectivity index (χ1v) is 7.23. The van der Waals surface area contributed by atoms with Gasteiger partial charge in [0.1, 0.15) is 0 Å². The molecular weight excluding hydrogens is 326 g/mol. The number of aryl methyl sites for hydroxylation is 2. The predicted octanol–water partition coefficient (Wildman–Crippen LogP) is 1.41. The van der Waals surface area contributed by atoms with Crippen LogP contribution >= 0.6 is 0 Å². The quantitative estimate of drug-likeness (QED) is 0.435. The summed E-state index contributed by atoms with van der Waals surface area (Å²) in [5, 5.41) is 18.5. The van der Waals surface area contributed by atoms with Crippen molar-refractivity contribution in [2.75, 3.05) is 0 Å². The normalized spacial score (nSPS) is 11.1. The van der Waals surface area contributed by atoms with Gasteiger partial charge in [0, 0.05) is 23.5 Å². The Morgan fingerprint density at radius 2 is 2.00 bits per heavy atom. The van der Waals surface area contributed by atoms with Crippen LogP contribution in [0.15, 0.2) is 35.4 Å². The number of nitro groups is 1. The zero-order valence-electron chi connectivity index (χ0n) is 13.4.